The highest BCUT2D eigenvalue weighted by molar-refractivity contribution is 5.92. The summed E-state index contributed by atoms with van der Waals surface area (Å²) in [5.74, 6) is 3.57. The fourth-order valence-corrected chi connectivity index (χ4v) is 12.3. The van der Waals surface area contributed by atoms with E-state index in [2.05, 4.69) is 92.4 Å². The number of benzene rings is 4. The number of nitrogens with zero attached hydrogens (tertiary/aromatic N) is 3. The SMILES string of the molecule is CCCCc1ccc(F)cc1OCCN[C@H](C(=O)N(C)[C@H](C)C(C)=O)C1CC1.CCCCc1ccccc1OCCN[C@H](C(=O)N[C@H](C)C(C)=O)C(C)CC.CCCCc1ccccc1O[C@H](C)CN[C@@H](CCC)C(=O)N(C)[C@H](C)C(C)=O.CCCCc1ccccc1O[C@H](C)CN[C@H](C(=O)N(C)[C@H](C)C(C)=O)C1CC1. The van der Waals surface area contributed by atoms with Crippen LogP contribution < -0.4 is 45.5 Å². The molecule has 1 unspecified atom stereocenters. The summed E-state index contributed by atoms with van der Waals surface area (Å²) in [7, 11) is 5.09. The van der Waals surface area contributed by atoms with Crippen LogP contribution in [0, 0.1) is 23.6 Å². The molecule has 0 spiro atoms. The van der Waals surface area contributed by atoms with Crippen molar-refractivity contribution in [2.24, 2.45) is 17.8 Å². The van der Waals surface area contributed by atoms with E-state index in [0.717, 1.165) is 145 Å². The van der Waals surface area contributed by atoms with Gasteiger partial charge in [0.1, 0.15) is 54.2 Å². The maximum Gasteiger partial charge on any atom is 0.240 e. The van der Waals surface area contributed by atoms with Crippen molar-refractivity contribution in [3.05, 3.63) is 119 Å². The van der Waals surface area contributed by atoms with E-state index in [1.165, 1.54) is 61.4 Å². The number of nitrogens with one attached hydrogen (secondary N) is 5. The molecule has 4 amide bonds. The normalized spacial score (nSPS) is 15.3. The summed E-state index contributed by atoms with van der Waals surface area (Å²) < 4.78 is 37.7. The number of ether oxygens (including phenoxy) is 4. The first-order chi connectivity index (χ1) is 52.9. The number of hydrogen-bond acceptors (Lipinski definition) is 16. The molecular formula is C90H143FN8O12. The maximum atomic E-state index is 13.6. The third kappa shape index (κ3) is 36.0. The molecule has 2 aliphatic rings. The average Bonchev–Trinajstić information content (AvgIpc) is 1.70. The van der Waals surface area contributed by atoms with Gasteiger partial charge in [-0.15, -0.1) is 0 Å². The minimum Gasteiger partial charge on any atom is -0.492 e. The van der Waals surface area contributed by atoms with Crippen molar-refractivity contribution in [1.29, 1.82) is 0 Å². The monoisotopic (exact) mass is 1550 g/mol. The van der Waals surface area contributed by atoms with Crippen LogP contribution in [0.4, 0.5) is 4.39 Å². The fourth-order valence-electron chi connectivity index (χ4n) is 12.3. The van der Waals surface area contributed by atoms with Gasteiger partial charge in [0.05, 0.1) is 48.3 Å². The van der Waals surface area contributed by atoms with Crippen LogP contribution in [0.1, 0.15) is 236 Å². The maximum absolute atomic E-state index is 13.6. The number of carbonyl (C=O) groups excluding carboxylic acids is 8. The molecule has 0 aliphatic heterocycles. The molecule has 0 radical (unpaired) electrons. The van der Waals surface area contributed by atoms with Crippen LogP contribution in [0.5, 0.6) is 23.0 Å². The highest BCUT2D eigenvalue weighted by Gasteiger charge is 2.40. The Kier molecular flexibility index (Phi) is 47.0. The fraction of sp³-hybridized carbons (Fsp3) is 0.644. The molecule has 0 saturated heterocycles. The summed E-state index contributed by atoms with van der Waals surface area (Å²) in [4.78, 5) is 102. The van der Waals surface area contributed by atoms with E-state index < -0.39 is 24.2 Å². The third-order valence-corrected chi connectivity index (χ3v) is 21.1. The van der Waals surface area contributed by atoms with Crippen LogP contribution in [-0.2, 0) is 64.0 Å². The number of likely N-dealkylation sites (N-methyl/N-ethyl adjacent to an activating group) is 3. The van der Waals surface area contributed by atoms with Crippen LogP contribution >= 0.6 is 0 Å². The Morgan fingerprint density at radius 3 is 1.23 bits per heavy atom. The van der Waals surface area contributed by atoms with Crippen molar-refractivity contribution in [2.75, 3.05) is 60.5 Å². The van der Waals surface area contributed by atoms with Crippen molar-refractivity contribution in [3.63, 3.8) is 0 Å². The minimum atomic E-state index is -0.465. The largest absolute Gasteiger partial charge is 0.492 e. The number of amides is 4. The molecule has 0 heterocycles. The second kappa shape index (κ2) is 53.4. The predicted octanol–water partition coefficient (Wildman–Crippen LogP) is 14.4. The molecule has 5 N–H and O–H groups in total. The predicted molar refractivity (Wildman–Crippen MR) is 445 cm³/mol. The van der Waals surface area contributed by atoms with Crippen molar-refractivity contribution in [3.8, 4) is 23.0 Å². The number of ketones is 4. The summed E-state index contributed by atoms with van der Waals surface area (Å²) in [5.41, 5.74) is 4.70. The Morgan fingerprint density at radius 1 is 0.450 bits per heavy atom. The highest BCUT2D eigenvalue weighted by atomic mass is 19.1. The van der Waals surface area contributed by atoms with Crippen LogP contribution in [0.15, 0.2) is 91.0 Å². The molecule has 20 nitrogen and oxygen atoms in total. The van der Waals surface area contributed by atoms with Gasteiger partial charge in [-0.2, -0.15) is 0 Å². The zero-order valence-electron chi connectivity index (χ0n) is 71.5. The van der Waals surface area contributed by atoms with Gasteiger partial charge in [-0.3, -0.25) is 38.4 Å². The first-order valence-corrected chi connectivity index (χ1v) is 41.6. The number of hydrogen-bond donors (Lipinski definition) is 5. The Labute approximate surface area is 667 Å². The van der Waals surface area contributed by atoms with Gasteiger partial charge in [0.2, 0.25) is 23.6 Å². The molecule has 11 atom stereocenters. The topological polar surface area (TPSA) is 243 Å². The summed E-state index contributed by atoms with van der Waals surface area (Å²) in [6.07, 6.45) is 19.4. The number of Topliss-reactive ketones (excluding diaryl/α,β-unsaturated/α-hetero) is 4. The first-order valence-electron chi connectivity index (χ1n) is 41.6. The molecule has 622 valence electrons. The molecule has 4 aromatic carbocycles. The molecule has 4 aromatic rings. The average molecular weight is 1550 g/mol. The lowest BCUT2D eigenvalue weighted by Crippen LogP contribution is -2.52. The number of para-hydroxylation sites is 3. The van der Waals surface area contributed by atoms with Gasteiger partial charge in [-0.05, 0) is 217 Å². The Hall–Kier alpha value is -7.59. The van der Waals surface area contributed by atoms with Gasteiger partial charge >= 0.3 is 0 Å². The lowest BCUT2D eigenvalue weighted by Gasteiger charge is -2.29. The Bertz CT molecular complexity index is 3420. The second-order valence-corrected chi connectivity index (χ2v) is 30.7. The molecule has 0 bridgehead atoms. The number of halogens is 1. The summed E-state index contributed by atoms with van der Waals surface area (Å²) in [5, 5.41) is 16.1. The summed E-state index contributed by atoms with van der Waals surface area (Å²) in [6, 6.07) is 26.3. The molecule has 21 heteroatoms. The first kappa shape index (κ1) is 97.6. The van der Waals surface area contributed by atoms with Gasteiger partial charge in [0, 0.05) is 53.4 Å². The van der Waals surface area contributed by atoms with E-state index >= 15 is 0 Å². The lowest BCUT2D eigenvalue weighted by molar-refractivity contribution is -0.139. The molecule has 2 aliphatic carbocycles. The van der Waals surface area contributed by atoms with Gasteiger partial charge in [-0.1, -0.05) is 148 Å². The number of aryl methyl sites for hydroxylation is 4. The van der Waals surface area contributed by atoms with Crippen molar-refractivity contribution < 1.29 is 61.7 Å². The highest BCUT2D eigenvalue weighted by Crippen LogP contribution is 2.35. The van der Waals surface area contributed by atoms with E-state index in [-0.39, 0.29) is 94.9 Å². The molecule has 2 fully saturated rings. The van der Waals surface area contributed by atoms with Crippen LogP contribution in [0.25, 0.3) is 0 Å². The van der Waals surface area contributed by atoms with Gasteiger partial charge < -0.3 is 60.2 Å². The third-order valence-electron chi connectivity index (χ3n) is 21.1. The molecule has 6 rings (SSSR count). The molecule has 0 aromatic heterocycles. The van der Waals surface area contributed by atoms with Gasteiger partial charge in [0.25, 0.3) is 0 Å². The van der Waals surface area contributed by atoms with E-state index in [1.54, 1.807) is 64.7 Å². The number of rotatable bonds is 50. The summed E-state index contributed by atoms with van der Waals surface area (Å²) >= 11 is 0. The summed E-state index contributed by atoms with van der Waals surface area (Å²) in [6.45, 7) is 35.0. The Morgan fingerprint density at radius 2 is 0.829 bits per heavy atom. The lowest BCUT2D eigenvalue weighted by atomic mass is 9.98. The number of unbranched alkanes of at least 4 members (excludes halogenated alkanes) is 4. The zero-order chi connectivity index (χ0) is 82.7. The van der Waals surface area contributed by atoms with Crippen molar-refractivity contribution in [2.45, 2.75) is 300 Å². The van der Waals surface area contributed by atoms with Gasteiger partial charge in [-0.25, -0.2) is 4.39 Å². The van der Waals surface area contributed by atoms with Crippen molar-refractivity contribution >= 4 is 46.8 Å². The van der Waals surface area contributed by atoms with E-state index in [1.807, 2.05) is 69.3 Å². The minimum absolute atomic E-state index is 0.000691. The van der Waals surface area contributed by atoms with Crippen molar-refractivity contribution in [1.82, 2.24) is 41.3 Å². The van der Waals surface area contributed by atoms with Crippen LogP contribution in [-0.4, -0.2) is 183 Å². The smallest absolute Gasteiger partial charge is 0.240 e. The van der Waals surface area contributed by atoms with E-state index in [9.17, 15) is 42.7 Å². The van der Waals surface area contributed by atoms with Crippen LogP contribution in [0.3, 0.4) is 0 Å². The zero-order valence-corrected chi connectivity index (χ0v) is 71.5. The Balaban J connectivity index is 0.000000384. The van der Waals surface area contributed by atoms with Gasteiger partial charge in [0.15, 0.2) is 23.1 Å². The standard InChI is InChI=1S/C23H36N2O3.C23H38N2O3.C22H33FN2O3.C22H36N2O3/c1-6-7-10-19-11-8-9-12-21(19)28-16(2)15-24-22(20-13-14-20)23(27)25(5)17(3)18(4)26;1-7-9-13-20-14-10-11-15-22(20)28-17(3)16-24-21(12-8-2)23(27)25(6)18(4)19(5)26;1-5-6-7-17-10-11-19(23)14-20(17)28-13-12-24-21(18-8-9-18)22(27)25(4)15(2)16(3)26;1-6-8-11-19-12-9-10-13-20(19)27-15-14-23-21(16(3)7-2)22(26)24-17(4)18(5)25/h8-9,11-12,16-17,20,22,24H,6-7,10,13-15H2,1-5H3;10-11,14-15,17-18,21,24H,7-9,12-13,16H2,1-6H3;10-11,14-15,18,21,24H,5-9,12-13H2,1-4H3;9-10,12-13,16-17,21,23H,6-8,11,14-15H2,1-5H3,(H,24,26)/t16-,17-,22+;17-,18-,21+;15-,21+;16?,17-,21+/m1111/s1. The van der Waals surface area contributed by atoms with E-state index in [4.69, 9.17) is 18.9 Å². The van der Waals surface area contributed by atoms with Crippen LogP contribution in [0.2, 0.25) is 0 Å². The van der Waals surface area contributed by atoms with E-state index in [0.29, 0.717) is 57.0 Å². The second-order valence-electron chi connectivity index (χ2n) is 30.7. The molecule has 2 saturated carbocycles. The quantitative estimate of drug-likeness (QED) is 0.0258. The molecular weight excluding hydrogens is 1400 g/mol. The molecule has 111 heavy (non-hydrogen) atoms. The number of carbonyl (C=O) groups is 8.